The van der Waals surface area contributed by atoms with Gasteiger partial charge in [-0.1, -0.05) is 0 Å². The van der Waals surface area contributed by atoms with Gasteiger partial charge in [0, 0.05) is 91.7 Å². The molecular formula is C37H39F4N9O2S. The number of nitrogens with two attached hydrogens (primary N) is 1. The van der Waals surface area contributed by atoms with Crippen molar-refractivity contribution in [1.29, 1.82) is 5.26 Å². The molecule has 2 aromatic carbocycles. The average Bonchev–Trinajstić information content (AvgIpc) is 3.41. The van der Waals surface area contributed by atoms with E-state index in [2.05, 4.69) is 26.0 Å². The maximum absolute atomic E-state index is 17.6. The second-order valence-electron chi connectivity index (χ2n) is 15.3. The first-order valence-corrected chi connectivity index (χ1v) is 18.7. The number of hydrogen-bond donors (Lipinski definition) is 1. The monoisotopic (exact) mass is 749 g/mol. The van der Waals surface area contributed by atoms with E-state index in [1.54, 1.807) is 32.2 Å². The number of nitriles is 1. The zero-order valence-corrected chi connectivity index (χ0v) is 30.5. The van der Waals surface area contributed by atoms with E-state index in [-0.39, 0.29) is 75.8 Å². The molecule has 9 rings (SSSR count). The Morgan fingerprint density at radius 3 is 2.42 bits per heavy atom. The van der Waals surface area contributed by atoms with E-state index in [0.717, 1.165) is 63.3 Å². The minimum absolute atomic E-state index is 0.0445. The Labute approximate surface area is 306 Å². The van der Waals surface area contributed by atoms with E-state index in [4.69, 9.17) is 20.2 Å². The van der Waals surface area contributed by atoms with Crippen molar-refractivity contribution in [3.63, 3.8) is 0 Å². The highest BCUT2D eigenvalue weighted by atomic mass is 32.1. The normalized spacial score (nSPS) is 24.5. The number of hydrogen-bond acceptors (Lipinski definition) is 11. The minimum Gasteiger partial charge on any atom is -0.463 e. The van der Waals surface area contributed by atoms with Gasteiger partial charge in [0.2, 0.25) is 0 Å². The maximum atomic E-state index is 17.6. The van der Waals surface area contributed by atoms with Crippen LogP contribution in [0.1, 0.15) is 37.7 Å². The Morgan fingerprint density at radius 1 is 1.04 bits per heavy atom. The van der Waals surface area contributed by atoms with Gasteiger partial charge in [-0.15, -0.1) is 11.3 Å². The predicted octanol–water partition coefficient (Wildman–Crippen LogP) is 5.93. The number of piperazine rings is 1. The first kappa shape index (κ1) is 34.5. The topological polar surface area (TPSA) is 122 Å². The highest BCUT2D eigenvalue weighted by Crippen LogP contribution is 2.61. The quantitative estimate of drug-likeness (QED) is 0.191. The van der Waals surface area contributed by atoms with Gasteiger partial charge in [-0.05, 0) is 51.9 Å². The summed E-state index contributed by atoms with van der Waals surface area (Å²) in [7, 11) is 5.15. The summed E-state index contributed by atoms with van der Waals surface area (Å²) >= 11 is 1.11. The molecule has 11 nitrogen and oxygen atoms in total. The van der Waals surface area contributed by atoms with E-state index in [9.17, 15) is 14.0 Å². The van der Waals surface area contributed by atoms with Crippen LogP contribution >= 0.6 is 11.3 Å². The molecule has 5 aromatic rings. The summed E-state index contributed by atoms with van der Waals surface area (Å²) in [5.41, 5.74) is 4.51. The van der Waals surface area contributed by atoms with Crippen LogP contribution < -0.4 is 15.4 Å². The molecule has 3 aliphatic heterocycles. The fraction of sp³-hybridized carbons (Fsp3) is 0.514. The first-order chi connectivity index (χ1) is 25.4. The van der Waals surface area contributed by atoms with Crippen LogP contribution in [0.5, 0.6) is 6.01 Å². The molecule has 0 amide bonds. The van der Waals surface area contributed by atoms with Crippen molar-refractivity contribution >= 4 is 54.0 Å². The van der Waals surface area contributed by atoms with Crippen LogP contribution in [0.2, 0.25) is 0 Å². The number of alkyl halides is 2. The van der Waals surface area contributed by atoms with E-state index < -0.39 is 23.0 Å². The van der Waals surface area contributed by atoms with Crippen LogP contribution in [0.25, 0.3) is 43.0 Å². The summed E-state index contributed by atoms with van der Waals surface area (Å²) in [5.74, 6) is -4.14. The molecule has 0 radical (unpaired) electrons. The van der Waals surface area contributed by atoms with Crippen molar-refractivity contribution in [3.8, 4) is 23.2 Å². The lowest BCUT2D eigenvalue weighted by Gasteiger charge is -2.46. The standard InChI is InChI=1S/C37H39F4N9O2S/c1-47(2)17-36(16-37(36,40)41)18-52-35-44-32-27(34(45-35)50-20-4-5-21(50)14-49(13-20)19-8-10-51-11-9-19)23-15-48(3)46-31(23)29(30(32)39)28-24(38)6-7-25-26(28)22(12-42)33(43)53-25/h6-7,15,19-21H,4-5,8-11,13-14,16-18,43H2,1-3H3/t20?,21?,36-/m1/s1. The number of ether oxygens (including phenoxy) is 2. The van der Waals surface area contributed by atoms with Crippen LogP contribution in [-0.4, -0.2) is 107 Å². The number of thiophene rings is 1. The Kier molecular flexibility index (Phi) is 8.05. The van der Waals surface area contributed by atoms with Gasteiger partial charge in [-0.25, -0.2) is 17.6 Å². The van der Waals surface area contributed by atoms with Gasteiger partial charge in [0.25, 0.3) is 5.92 Å². The Hall–Kier alpha value is -4.30. The van der Waals surface area contributed by atoms with Gasteiger partial charge in [0.05, 0.1) is 21.9 Å². The number of nitrogen functional groups attached to an aromatic ring is 1. The van der Waals surface area contributed by atoms with Gasteiger partial charge in [-0.3, -0.25) is 9.58 Å². The van der Waals surface area contributed by atoms with Gasteiger partial charge >= 0.3 is 6.01 Å². The zero-order chi connectivity index (χ0) is 37.0. The van der Waals surface area contributed by atoms with Crippen molar-refractivity contribution in [2.75, 3.05) is 64.2 Å². The number of aromatic nitrogens is 4. The third-order valence-corrected chi connectivity index (χ3v) is 12.6. The molecular weight excluding hydrogens is 711 g/mol. The van der Waals surface area contributed by atoms with Crippen molar-refractivity contribution < 1.29 is 27.0 Å². The van der Waals surface area contributed by atoms with E-state index in [1.807, 2.05) is 0 Å². The highest BCUT2D eigenvalue weighted by Gasteiger charge is 2.71. The van der Waals surface area contributed by atoms with Crippen LogP contribution in [0, 0.1) is 28.4 Å². The van der Waals surface area contributed by atoms with Gasteiger partial charge in [0.1, 0.15) is 40.3 Å². The fourth-order valence-corrected chi connectivity index (χ4v) is 10.1. The largest absolute Gasteiger partial charge is 0.463 e. The van der Waals surface area contributed by atoms with Gasteiger partial charge in [-0.2, -0.15) is 20.3 Å². The van der Waals surface area contributed by atoms with Crippen LogP contribution in [0.15, 0.2) is 18.3 Å². The number of likely N-dealkylation sites (tertiary alicyclic amines) is 1. The summed E-state index contributed by atoms with van der Waals surface area (Å²) in [6.45, 7) is 2.73. The predicted molar refractivity (Wildman–Crippen MR) is 194 cm³/mol. The second-order valence-corrected chi connectivity index (χ2v) is 16.4. The summed E-state index contributed by atoms with van der Waals surface area (Å²) in [5, 5.41) is 16.0. The second kappa shape index (κ2) is 12.4. The summed E-state index contributed by atoms with van der Waals surface area (Å²) in [6, 6.07) is 5.08. The van der Waals surface area contributed by atoms with Crippen molar-refractivity contribution in [3.05, 3.63) is 35.5 Å². The lowest BCUT2D eigenvalue weighted by molar-refractivity contribution is 0.0259. The van der Waals surface area contributed by atoms with Crippen LogP contribution in [0.4, 0.5) is 28.4 Å². The Balaban J connectivity index is 1.25. The van der Waals surface area contributed by atoms with Crippen molar-refractivity contribution in [2.24, 2.45) is 12.5 Å². The van der Waals surface area contributed by atoms with Gasteiger partial charge < -0.3 is 25.0 Å². The molecule has 4 aliphatic rings. The third kappa shape index (κ3) is 5.41. The first-order valence-electron chi connectivity index (χ1n) is 17.9. The molecule has 278 valence electrons. The van der Waals surface area contributed by atoms with Crippen LogP contribution in [0.3, 0.4) is 0 Å². The molecule has 2 bridgehead atoms. The maximum Gasteiger partial charge on any atom is 0.319 e. The molecule has 6 heterocycles. The Morgan fingerprint density at radius 2 is 1.75 bits per heavy atom. The molecule has 16 heteroatoms. The summed E-state index contributed by atoms with van der Waals surface area (Å²) in [4.78, 5) is 16.0. The van der Waals surface area contributed by atoms with E-state index in [0.29, 0.717) is 27.3 Å². The molecule has 3 atom stereocenters. The highest BCUT2D eigenvalue weighted by molar-refractivity contribution is 7.23. The lowest BCUT2D eigenvalue weighted by atomic mass is 9.94. The Bertz CT molecular complexity index is 2320. The number of rotatable bonds is 8. The zero-order valence-electron chi connectivity index (χ0n) is 29.6. The molecule has 0 spiro atoms. The molecule has 1 saturated carbocycles. The third-order valence-electron chi connectivity index (χ3n) is 11.6. The smallest absolute Gasteiger partial charge is 0.319 e. The van der Waals surface area contributed by atoms with Crippen LogP contribution in [-0.2, 0) is 11.8 Å². The van der Waals surface area contributed by atoms with E-state index >= 15 is 8.78 Å². The number of nitrogens with zero attached hydrogens (tertiary/aromatic N) is 8. The van der Waals surface area contributed by atoms with E-state index in [1.165, 1.54) is 16.8 Å². The molecule has 2 unspecified atom stereocenters. The minimum atomic E-state index is -2.94. The number of anilines is 2. The van der Waals surface area contributed by atoms with Crippen molar-refractivity contribution in [2.45, 2.75) is 56.2 Å². The molecule has 4 fully saturated rings. The fourth-order valence-electron chi connectivity index (χ4n) is 9.13. The molecule has 3 aromatic heterocycles. The molecule has 2 N–H and O–H groups in total. The SMILES string of the molecule is CN(C)C[C@@]1(COc2nc(N3C4CCC3CN(C3CCOCC3)C4)c3c(n2)c(F)c(-c2c(F)ccc4sc(N)c(C#N)c24)c2nn(C)cc23)CC1(F)F. The molecule has 3 saturated heterocycles. The summed E-state index contributed by atoms with van der Waals surface area (Å²) < 4.78 is 77.2. The number of aryl methyl sites for hydroxylation is 1. The summed E-state index contributed by atoms with van der Waals surface area (Å²) in [6.07, 6.45) is 5.10. The number of benzene rings is 2. The average molecular weight is 750 g/mol. The number of fused-ring (bicyclic) bond motifs is 6. The number of halogens is 4. The van der Waals surface area contributed by atoms with Gasteiger partial charge in [0.15, 0.2) is 5.82 Å². The molecule has 1 aliphatic carbocycles. The van der Waals surface area contributed by atoms with Crippen molar-refractivity contribution in [1.82, 2.24) is 29.5 Å². The lowest BCUT2D eigenvalue weighted by Crippen LogP contribution is -2.57. The molecule has 53 heavy (non-hydrogen) atoms.